The molecule has 3 aromatic rings. The molecule has 0 aliphatic heterocycles. The first kappa shape index (κ1) is 21.8. The fourth-order valence-electron chi connectivity index (χ4n) is 3.81. The Morgan fingerprint density at radius 2 is 0.833 bits per heavy atom. The van der Waals surface area contributed by atoms with E-state index >= 15 is 13.2 Å². The number of hydrogen-bond acceptors (Lipinski definition) is 2. The van der Waals surface area contributed by atoms with Crippen LogP contribution in [0.5, 0.6) is 0 Å². The summed E-state index contributed by atoms with van der Waals surface area (Å²) in [7, 11) is 7.47. The number of aryl methyl sites for hydroxylation is 1. The molecule has 0 bridgehead atoms. The zero-order valence-electron chi connectivity index (χ0n) is 18.0. The van der Waals surface area contributed by atoms with Crippen LogP contribution in [-0.2, 0) is 5.41 Å². The lowest BCUT2D eigenvalue weighted by molar-refractivity contribution is -0.166. The number of rotatable bonds is 5. The van der Waals surface area contributed by atoms with E-state index in [1.165, 1.54) is 0 Å². The maximum absolute atomic E-state index is 15.0. The molecule has 0 spiro atoms. The van der Waals surface area contributed by atoms with E-state index in [9.17, 15) is 0 Å². The van der Waals surface area contributed by atoms with Gasteiger partial charge in [0.05, 0.1) is 0 Å². The highest BCUT2D eigenvalue weighted by Crippen LogP contribution is 2.51. The summed E-state index contributed by atoms with van der Waals surface area (Å²) in [4.78, 5) is 3.74. The minimum absolute atomic E-state index is 0.196. The molecule has 0 atom stereocenters. The number of alkyl halides is 3. The topological polar surface area (TPSA) is 6.48 Å². The Morgan fingerprint density at radius 3 is 1.10 bits per heavy atom. The van der Waals surface area contributed by atoms with E-state index in [1.54, 1.807) is 72.8 Å². The maximum atomic E-state index is 15.0. The summed E-state index contributed by atoms with van der Waals surface area (Å²) in [6, 6.07) is 19.9. The molecular formula is C25H27F3N2. The molecule has 0 aliphatic rings. The molecule has 0 aliphatic carbocycles. The highest BCUT2D eigenvalue weighted by Gasteiger charge is 2.58. The second-order valence-corrected chi connectivity index (χ2v) is 8.00. The average molecular weight is 412 g/mol. The molecule has 0 amide bonds. The third-order valence-corrected chi connectivity index (χ3v) is 5.54. The Bertz CT molecular complexity index is 919. The van der Waals surface area contributed by atoms with Crippen molar-refractivity contribution < 1.29 is 13.2 Å². The summed E-state index contributed by atoms with van der Waals surface area (Å²) in [5.41, 5.74) is 0.945. The Kier molecular flexibility index (Phi) is 5.84. The van der Waals surface area contributed by atoms with Gasteiger partial charge >= 0.3 is 6.18 Å². The van der Waals surface area contributed by atoms with Crippen LogP contribution >= 0.6 is 0 Å². The predicted octanol–water partition coefficient (Wildman–Crippen LogP) is 6.02. The lowest BCUT2D eigenvalue weighted by Crippen LogP contribution is -2.44. The fourth-order valence-corrected chi connectivity index (χ4v) is 3.81. The third-order valence-electron chi connectivity index (χ3n) is 5.54. The van der Waals surface area contributed by atoms with Gasteiger partial charge in [-0.15, -0.1) is 0 Å². The summed E-state index contributed by atoms with van der Waals surface area (Å²) < 4.78 is 45.1. The van der Waals surface area contributed by atoms with Crippen LogP contribution in [0, 0.1) is 6.92 Å². The molecule has 0 radical (unpaired) electrons. The quantitative estimate of drug-likeness (QED) is 0.473. The second-order valence-electron chi connectivity index (χ2n) is 8.00. The SMILES string of the molecule is Cc1ccc(C(c2ccc(N(C)C)cc2)(c2ccc(N(C)C)cc2)C(F)(F)F)cc1. The Balaban J connectivity index is 2.33. The van der Waals surface area contributed by atoms with Crippen LogP contribution in [-0.4, -0.2) is 34.4 Å². The van der Waals surface area contributed by atoms with Gasteiger partial charge in [0.15, 0.2) is 0 Å². The molecular weight excluding hydrogens is 385 g/mol. The predicted molar refractivity (Wildman–Crippen MR) is 119 cm³/mol. The van der Waals surface area contributed by atoms with Gasteiger partial charge in [-0.2, -0.15) is 13.2 Å². The number of anilines is 2. The van der Waals surface area contributed by atoms with Gasteiger partial charge in [-0.25, -0.2) is 0 Å². The first-order chi connectivity index (χ1) is 14.1. The van der Waals surface area contributed by atoms with E-state index in [4.69, 9.17) is 0 Å². The molecule has 3 aromatic carbocycles. The number of hydrogen-bond donors (Lipinski definition) is 0. The first-order valence-corrected chi connectivity index (χ1v) is 9.77. The van der Waals surface area contributed by atoms with Crippen molar-refractivity contribution in [3.05, 3.63) is 95.1 Å². The van der Waals surface area contributed by atoms with Crippen molar-refractivity contribution in [1.82, 2.24) is 0 Å². The Morgan fingerprint density at radius 1 is 0.533 bits per heavy atom. The van der Waals surface area contributed by atoms with Gasteiger partial charge in [0.25, 0.3) is 0 Å². The summed E-state index contributed by atoms with van der Waals surface area (Å²) in [6.45, 7) is 1.87. The van der Waals surface area contributed by atoms with Crippen LogP contribution in [0.1, 0.15) is 22.3 Å². The number of nitrogens with zero attached hydrogens (tertiary/aromatic N) is 2. The van der Waals surface area contributed by atoms with Crippen molar-refractivity contribution in [2.75, 3.05) is 38.0 Å². The highest BCUT2D eigenvalue weighted by molar-refractivity contribution is 5.58. The van der Waals surface area contributed by atoms with Crippen molar-refractivity contribution in [3.8, 4) is 0 Å². The lowest BCUT2D eigenvalue weighted by atomic mass is 9.68. The number of halogens is 3. The standard InChI is InChI=1S/C25H27F3N2/c1-18-6-8-19(9-7-18)24(25(26,27)28,20-10-14-22(15-11-20)29(2)3)21-12-16-23(17-13-21)30(4)5/h6-17H,1-5H3. The summed E-state index contributed by atoms with van der Waals surface area (Å²) in [6.07, 6.45) is -4.54. The van der Waals surface area contributed by atoms with Crippen molar-refractivity contribution in [1.29, 1.82) is 0 Å². The van der Waals surface area contributed by atoms with E-state index in [2.05, 4.69) is 0 Å². The fraction of sp³-hybridized carbons (Fsp3) is 0.280. The molecule has 0 N–H and O–H groups in total. The maximum Gasteiger partial charge on any atom is 0.406 e. The van der Waals surface area contributed by atoms with Gasteiger partial charge in [-0.1, -0.05) is 54.1 Å². The lowest BCUT2D eigenvalue weighted by Gasteiger charge is -2.38. The van der Waals surface area contributed by atoms with Crippen molar-refractivity contribution >= 4 is 11.4 Å². The molecule has 30 heavy (non-hydrogen) atoms. The van der Waals surface area contributed by atoms with E-state index in [0.29, 0.717) is 0 Å². The summed E-state index contributed by atoms with van der Waals surface area (Å²) >= 11 is 0. The smallest absolute Gasteiger partial charge is 0.378 e. The van der Waals surface area contributed by atoms with E-state index in [1.807, 2.05) is 44.9 Å². The Hall–Kier alpha value is -2.95. The molecule has 158 valence electrons. The third kappa shape index (κ3) is 3.76. The monoisotopic (exact) mass is 412 g/mol. The Labute approximate surface area is 176 Å². The average Bonchev–Trinajstić information content (AvgIpc) is 2.69. The van der Waals surface area contributed by atoms with E-state index in [-0.39, 0.29) is 16.7 Å². The minimum Gasteiger partial charge on any atom is -0.378 e. The largest absolute Gasteiger partial charge is 0.406 e. The van der Waals surface area contributed by atoms with Gasteiger partial charge in [-0.05, 0) is 47.9 Å². The van der Waals surface area contributed by atoms with E-state index < -0.39 is 11.6 Å². The normalized spacial score (nSPS) is 12.0. The van der Waals surface area contributed by atoms with Crippen LogP contribution in [0.4, 0.5) is 24.5 Å². The summed E-state index contributed by atoms with van der Waals surface area (Å²) in [5.74, 6) is 0. The van der Waals surface area contributed by atoms with Crippen LogP contribution in [0.2, 0.25) is 0 Å². The molecule has 3 rings (SSSR count). The minimum atomic E-state index is -4.54. The highest BCUT2D eigenvalue weighted by atomic mass is 19.4. The molecule has 0 fully saturated rings. The summed E-state index contributed by atoms with van der Waals surface area (Å²) in [5, 5.41) is 0. The van der Waals surface area contributed by atoms with E-state index in [0.717, 1.165) is 16.9 Å². The molecule has 0 unspecified atom stereocenters. The first-order valence-electron chi connectivity index (χ1n) is 9.77. The zero-order valence-corrected chi connectivity index (χ0v) is 18.0. The second kappa shape index (κ2) is 8.05. The van der Waals surface area contributed by atoms with Gasteiger partial charge in [-0.3, -0.25) is 0 Å². The molecule has 0 saturated carbocycles. The van der Waals surface area contributed by atoms with Crippen LogP contribution in [0.25, 0.3) is 0 Å². The van der Waals surface area contributed by atoms with Crippen molar-refractivity contribution in [3.63, 3.8) is 0 Å². The molecule has 0 saturated heterocycles. The van der Waals surface area contributed by atoms with Gasteiger partial charge in [0, 0.05) is 39.6 Å². The van der Waals surface area contributed by atoms with Gasteiger partial charge in [0.2, 0.25) is 0 Å². The van der Waals surface area contributed by atoms with Crippen LogP contribution in [0.15, 0.2) is 72.8 Å². The van der Waals surface area contributed by atoms with Crippen molar-refractivity contribution in [2.45, 2.75) is 18.5 Å². The molecule has 0 aromatic heterocycles. The van der Waals surface area contributed by atoms with Gasteiger partial charge in [0.1, 0.15) is 5.41 Å². The van der Waals surface area contributed by atoms with Crippen molar-refractivity contribution in [2.24, 2.45) is 0 Å². The van der Waals surface area contributed by atoms with Gasteiger partial charge < -0.3 is 9.80 Å². The number of benzene rings is 3. The molecule has 2 nitrogen and oxygen atoms in total. The van der Waals surface area contributed by atoms with Crippen LogP contribution in [0.3, 0.4) is 0 Å². The molecule has 5 heteroatoms. The molecule has 0 heterocycles. The zero-order chi connectivity index (χ0) is 22.1. The van der Waals surface area contributed by atoms with Crippen LogP contribution < -0.4 is 9.80 Å².